The quantitative estimate of drug-likeness (QED) is 0.785. The lowest BCUT2D eigenvalue weighted by molar-refractivity contribution is -0.152. The molecule has 1 aliphatic rings. The fourth-order valence-corrected chi connectivity index (χ4v) is 1.83. The van der Waals surface area contributed by atoms with Gasteiger partial charge in [0.1, 0.15) is 11.6 Å². The Balaban J connectivity index is 2.78. The summed E-state index contributed by atoms with van der Waals surface area (Å²) in [6, 6.07) is -0.348. The minimum atomic E-state index is -0.763. The zero-order chi connectivity index (χ0) is 12.5. The zero-order valence-corrected chi connectivity index (χ0v) is 10.8. The van der Waals surface area contributed by atoms with Crippen molar-refractivity contribution < 1.29 is 9.59 Å². The van der Waals surface area contributed by atoms with Crippen molar-refractivity contribution in [2.45, 2.75) is 52.6 Å². The Bertz CT molecular complexity index is 297. The van der Waals surface area contributed by atoms with Crippen LogP contribution in [0.15, 0.2) is 0 Å². The summed E-state index contributed by atoms with van der Waals surface area (Å²) in [6.45, 7) is 10.2. The van der Waals surface area contributed by atoms with Gasteiger partial charge >= 0.3 is 0 Å². The monoisotopic (exact) mass is 226 g/mol. The highest BCUT2D eigenvalue weighted by Crippen LogP contribution is 2.18. The van der Waals surface area contributed by atoms with Gasteiger partial charge in [0, 0.05) is 6.54 Å². The van der Waals surface area contributed by atoms with Gasteiger partial charge in [-0.2, -0.15) is 0 Å². The molecular weight excluding hydrogens is 204 g/mol. The van der Waals surface area contributed by atoms with Crippen molar-refractivity contribution in [3.8, 4) is 0 Å². The summed E-state index contributed by atoms with van der Waals surface area (Å²) in [6.07, 6.45) is 0.930. The predicted molar refractivity (Wildman–Crippen MR) is 62.9 cm³/mol. The third kappa shape index (κ3) is 2.54. The van der Waals surface area contributed by atoms with Crippen LogP contribution in [0.1, 0.15) is 41.0 Å². The minimum Gasteiger partial charge on any atom is -0.340 e. The molecule has 1 heterocycles. The largest absolute Gasteiger partial charge is 0.340 e. The maximum absolute atomic E-state index is 12.1. The van der Waals surface area contributed by atoms with E-state index in [1.54, 1.807) is 25.7 Å². The molecule has 4 nitrogen and oxygen atoms in total. The third-order valence-corrected chi connectivity index (χ3v) is 3.03. The van der Waals surface area contributed by atoms with Gasteiger partial charge < -0.3 is 10.2 Å². The molecule has 4 heteroatoms. The molecule has 16 heavy (non-hydrogen) atoms. The van der Waals surface area contributed by atoms with Crippen LogP contribution in [0.2, 0.25) is 0 Å². The molecular formula is C12H22N2O2. The van der Waals surface area contributed by atoms with E-state index < -0.39 is 5.54 Å². The minimum absolute atomic E-state index is 0.0141. The smallest absolute Gasteiger partial charge is 0.248 e. The molecule has 0 radical (unpaired) electrons. The lowest BCUT2D eigenvalue weighted by Gasteiger charge is -2.41. The van der Waals surface area contributed by atoms with Crippen LogP contribution in [0.5, 0.6) is 0 Å². The summed E-state index contributed by atoms with van der Waals surface area (Å²) < 4.78 is 0. The van der Waals surface area contributed by atoms with Crippen LogP contribution < -0.4 is 5.32 Å². The predicted octanol–water partition coefficient (Wildman–Crippen LogP) is 1.16. The Morgan fingerprint density at radius 1 is 1.38 bits per heavy atom. The molecule has 1 fully saturated rings. The van der Waals surface area contributed by atoms with E-state index in [1.165, 1.54) is 0 Å². The van der Waals surface area contributed by atoms with E-state index in [4.69, 9.17) is 0 Å². The van der Waals surface area contributed by atoms with Crippen LogP contribution in [0.4, 0.5) is 0 Å². The van der Waals surface area contributed by atoms with Gasteiger partial charge in [0.25, 0.3) is 0 Å². The van der Waals surface area contributed by atoms with Gasteiger partial charge in [-0.1, -0.05) is 13.8 Å². The van der Waals surface area contributed by atoms with Crippen LogP contribution >= 0.6 is 0 Å². The van der Waals surface area contributed by atoms with E-state index >= 15 is 0 Å². The first-order chi connectivity index (χ1) is 7.25. The Kier molecular flexibility index (Phi) is 3.61. The Morgan fingerprint density at radius 2 is 1.94 bits per heavy atom. The molecule has 1 N–H and O–H groups in total. The first-order valence-corrected chi connectivity index (χ1v) is 5.89. The van der Waals surface area contributed by atoms with Gasteiger partial charge in [0.05, 0.1) is 0 Å². The lowest BCUT2D eigenvalue weighted by Crippen LogP contribution is -2.67. The molecule has 1 atom stereocenters. The Labute approximate surface area is 97.4 Å². The molecule has 0 aromatic rings. The van der Waals surface area contributed by atoms with E-state index in [1.807, 2.05) is 0 Å². The van der Waals surface area contributed by atoms with Crippen LogP contribution in [-0.2, 0) is 9.59 Å². The normalized spacial score (nSPS) is 24.9. The number of rotatable bonds is 3. The molecule has 1 aliphatic heterocycles. The third-order valence-electron chi connectivity index (χ3n) is 3.03. The molecule has 1 rings (SSSR count). The lowest BCUT2D eigenvalue weighted by atomic mass is 9.96. The van der Waals surface area contributed by atoms with Crippen molar-refractivity contribution in [2.75, 3.05) is 6.54 Å². The second-order valence-corrected chi connectivity index (χ2v) is 5.47. The Morgan fingerprint density at radius 3 is 2.44 bits per heavy atom. The number of nitrogens with one attached hydrogen (secondary N) is 1. The summed E-state index contributed by atoms with van der Waals surface area (Å²) >= 11 is 0. The molecule has 0 spiro atoms. The fourth-order valence-electron chi connectivity index (χ4n) is 1.83. The van der Waals surface area contributed by atoms with E-state index in [-0.39, 0.29) is 17.9 Å². The van der Waals surface area contributed by atoms with Gasteiger partial charge in [-0.3, -0.25) is 9.59 Å². The van der Waals surface area contributed by atoms with E-state index in [0.29, 0.717) is 12.5 Å². The maximum atomic E-state index is 12.1. The van der Waals surface area contributed by atoms with Crippen LogP contribution in [0, 0.1) is 5.92 Å². The second-order valence-electron chi connectivity index (χ2n) is 5.47. The Hall–Kier alpha value is -1.06. The first-order valence-electron chi connectivity index (χ1n) is 5.89. The number of hydrogen-bond acceptors (Lipinski definition) is 2. The highest BCUT2D eigenvalue weighted by atomic mass is 16.2. The number of nitrogens with zero attached hydrogens (tertiary/aromatic N) is 1. The topological polar surface area (TPSA) is 49.4 Å². The van der Waals surface area contributed by atoms with Crippen molar-refractivity contribution in [2.24, 2.45) is 5.92 Å². The van der Waals surface area contributed by atoms with Crippen LogP contribution in [0.3, 0.4) is 0 Å². The SMILES string of the molecule is CC(C)CCN1C(=O)C(C)(C)NC(=O)C1C. The average molecular weight is 226 g/mol. The summed E-state index contributed by atoms with van der Waals surface area (Å²) in [5.74, 6) is 0.488. The molecule has 1 unspecified atom stereocenters. The summed E-state index contributed by atoms with van der Waals surface area (Å²) in [5.41, 5.74) is -0.763. The number of amides is 2. The van der Waals surface area contributed by atoms with Crippen molar-refractivity contribution in [3.05, 3.63) is 0 Å². The molecule has 0 aliphatic carbocycles. The number of piperazine rings is 1. The van der Waals surface area contributed by atoms with Crippen molar-refractivity contribution in [3.63, 3.8) is 0 Å². The molecule has 0 saturated carbocycles. The zero-order valence-electron chi connectivity index (χ0n) is 10.8. The highest BCUT2D eigenvalue weighted by molar-refractivity contribution is 5.99. The number of carbonyl (C=O) groups is 2. The molecule has 1 saturated heterocycles. The molecule has 0 aromatic heterocycles. The summed E-state index contributed by atoms with van der Waals surface area (Å²) in [7, 11) is 0. The fraction of sp³-hybridized carbons (Fsp3) is 0.833. The van der Waals surface area contributed by atoms with Gasteiger partial charge in [-0.05, 0) is 33.1 Å². The van der Waals surface area contributed by atoms with E-state index in [0.717, 1.165) is 6.42 Å². The first kappa shape index (κ1) is 13.0. The van der Waals surface area contributed by atoms with Crippen molar-refractivity contribution in [1.82, 2.24) is 10.2 Å². The molecule has 0 bridgehead atoms. The van der Waals surface area contributed by atoms with Gasteiger partial charge in [-0.15, -0.1) is 0 Å². The molecule has 0 aromatic carbocycles. The van der Waals surface area contributed by atoms with Gasteiger partial charge in [0.15, 0.2) is 0 Å². The number of carbonyl (C=O) groups excluding carboxylic acids is 2. The summed E-state index contributed by atoms with van der Waals surface area (Å²) in [4.78, 5) is 25.5. The van der Waals surface area contributed by atoms with Gasteiger partial charge in [-0.25, -0.2) is 0 Å². The van der Waals surface area contributed by atoms with Crippen LogP contribution in [-0.4, -0.2) is 34.8 Å². The van der Waals surface area contributed by atoms with Crippen molar-refractivity contribution >= 4 is 11.8 Å². The van der Waals surface area contributed by atoms with Crippen LogP contribution in [0.25, 0.3) is 0 Å². The summed E-state index contributed by atoms with van der Waals surface area (Å²) in [5, 5.41) is 2.74. The number of hydrogen-bond donors (Lipinski definition) is 1. The van der Waals surface area contributed by atoms with E-state index in [9.17, 15) is 9.59 Å². The maximum Gasteiger partial charge on any atom is 0.248 e. The second kappa shape index (κ2) is 4.44. The average Bonchev–Trinajstić information content (AvgIpc) is 2.14. The van der Waals surface area contributed by atoms with E-state index in [2.05, 4.69) is 19.2 Å². The molecule has 92 valence electrons. The van der Waals surface area contributed by atoms with Crippen molar-refractivity contribution in [1.29, 1.82) is 0 Å². The standard InChI is InChI=1S/C12H22N2O2/c1-8(2)6-7-14-9(3)10(15)13-12(4,5)11(14)16/h8-9H,6-7H2,1-5H3,(H,13,15). The molecule has 2 amide bonds. The highest BCUT2D eigenvalue weighted by Gasteiger charge is 2.42. The van der Waals surface area contributed by atoms with Gasteiger partial charge in [0.2, 0.25) is 11.8 Å².